The van der Waals surface area contributed by atoms with Crippen LogP contribution in [0.2, 0.25) is 0 Å². The van der Waals surface area contributed by atoms with Gasteiger partial charge in [0.25, 0.3) is 5.91 Å². The first-order valence-electron chi connectivity index (χ1n) is 10.5. The topological polar surface area (TPSA) is 36.1 Å². The van der Waals surface area contributed by atoms with Gasteiger partial charge in [-0.05, 0) is 61.2 Å². The van der Waals surface area contributed by atoms with E-state index in [4.69, 9.17) is 0 Å². The molecule has 4 aromatic rings. The Hall–Kier alpha value is -3.07. The Labute approximate surface area is 171 Å². The van der Waals surface area contributed by atoms with Crippen LogP contribution < -0.4 is 0 Å². The van der Waals surface area contributed by atoms with E-state index in [2.05, 4.69) is 49.2 Å². The number of hydrogen-bond acceptors (Lipinski definition) is 1. The highest BCUT2D eigenvalue weighted by atomic mass is 16.2. The summed E-state index contributed by atoms with van der Waals surface area (Å²) in [5.74, 6) is 0.642. The Kier molecular flexibility index (Phi) is 4.39. The van der Waals surface area contributed by atoms with Gasteiger partial charge >= 0.3 is 0 Å². The first-order chi connectivity index (χ1) is 14.1. The van der Waals surface area contributed by atoms with Crippen LogP contribution in [0.25, 0.3) is 21.7 Å². The number of benzene rings is 3. The third-order valence-corrected chi connectivity index (χ3v) is 6.46. The van der Waals surface area contributed by atoms with Crippen molar-refractivity contribution in [3.05, 3.63) is 83.0 Å². The van der Waals surface area contributed by atoms with Gasteiger partial charge in [0.1, 0.15) is 0 Å². The maximum Gasteiger partial charge on any atom is 0.254 e. The number of carbonyl (C=O) groups excluding carboxylic acids is 1. The van der Waals surface area contributed by atoms with E-state index in [1.165, 1.54) is 27.7 Å². The minimum absolute atomic E-state index is 0.157. The van der Waals surface area contributed by atoms with Crippen molar-refractivity contribution in [1.82, 2.24) is 9.88 Å². The number of aryl methyl sites for hydroxylation is 2. The van der Waals surface area contributed by atoms with E-state index in [-0.39, 0.29) is 5.91 Å². The van der Waals surface area contributed by atoms with Crippen LogP contribution in [0.5, 0.6) is 0 Å². The van der Waals surface area contributed by atoms with Gasteiger partial charge < -0.3 is 9.88 Å². The van der Waals surface area contributed by atoms with Crippen molar-refractivity contribution in [3.8, 4) is 0 Å². The number of carbonyl (C=O) groups is 1. The van der Waals surface area contributed by atoms with Gasteiger partial charge in [0.15, 0.2) is 0 Å². The fourth-order valence-electron chi connectivity index (χ4n) is 4.82. The standard InChI is InChI=1S/C26H26N2O/c1-17-10-11-24-23(16-17)18(2)25(27-24)20-12-14-28(15-13-20)26(29)22-9-5-7-19-6-3-4-8-21(19)22/h3-11,16,20,27H,12-15H2,1-2H3. The monoisotopic (exact) mass is 382 g/mol. The summed E-state index contributed by atoms with van der Waals surface area (Å²) in [5, 5.41) is 3.50. The van der Waals surface area contributed by atoms with Crippen LogP contribution in [0, 0.1) is 13.8 Å². The number of aromatic nitrogens is 1. The lowest BCUT2D eigenvalue weighted by molar-refractivity contribution is 0.0714. The van der Waals surface area contributed by atoms with Crippen molar-refractivity contribution < 1.29 is 4.79 Å². The molecule has 3 aromatic carbocycles. The van der Waals surface area contributed by atoms with E-state index >= 15 is 0 Å². The highest BCUT2D eigenvalue weighted by Gasteiger charge is 2.27. The molecule has 0 bridgehead atoms. The summed E-state index contributed by atoms with van der Waals surface area (Å²) in [6.07, 6.45) is 2.01. The number of rotatable bonds is 2. The molecule has 0 radical (unpaired) electrons. The number of amides is 1. The van der Waals surface area contributed by atoms with Gasteiger partial charge in [-0.2, -0.15) is 0 Å². The molecule has 1 aliphatic heterocycles. The number of piperidine rings is 1. The quantitative estimate of drug-likeness (QED) is 0.456. The number of hydrogen-bond donors (Lipinski definition) is 1. The van der Waals surface area contributed by atoms with Crippen LogP contribution in [-0.2, 0) is 0 Å². The lowest BCUT2D eigenvalue weighted by Crippen LogP contribution is -2.38. The summed E-state index contributed by atoms with van der Waals surface area (Å²) >= 11 is 0. The molecule has 1 amide bonds. The molecule has 5 rings (SSSR count). The Morgan fingerprint density at radius 1 is 0.931 bits per heavy atom. The van der Waals surface area contributed by atoms with E-state index in [1.54, 1.807) is 0 Å². The molecule has 0 atom stereocenters. The largest absolute Gasteiger partial charge is 0.358 e. The fraction of sp³-hybridized carbons (Fsp3) is 0.269. The zero-order valence-electron chi connectivity index (χ0n) is 17.0. The summed E-state index contributed by atoms with van der Waals surface area (Å²) in [4.78, 5) is 18.9. The summed E-state index contributed by atoms with van der Waals surface area (Å²) in [5.41, 5.74) is 6.04. The maximum atomic E-state index is 13.2. The van der Waals surface area contributed by atoms with Gasteiger partial charge in [-0.15, -0.1) is 0 Å². The number of nitrogens with zero attached hydrogens (tertiary/aromatic N) is 1. The van der Waals surface area contributed by atoms with Crippen LogP contribution in [0.1, 0.15) is 45.9 Å². The molecule has 3 nitrogen and oxygen atoms in total. The molecule has 3 heteroatoms. The Morgan fingerprint density at radius 2 is 1.69 bits per heavy atom. The van der Waals surface area contributed by atoms with Gasteiger partial charge in [0.2, 0.25) is 0 Å². The molecule has 1 aliphatic rings. The van der Waals surface area contributed by atoms with E-state index < -0.39 is 0 Å². The minimum Gasteiger partial charge on any atom is -0.358 e. The number of likely N-dealkylation sites (tertiary alicyclic amines) is 1. The number of H-pyrrole nitrogens is 1. The third kappa shape index (κ3) is 3.11. The second kappa shape index (κ2) is 7.07. The van der Waals surface area contributed by atoms with Crippen molar-refractivity contribution in [2.45, 2.75) is 32.6 Å². The Morgan fingerprint density at radius 3 is 2.52 bits per heavy atom. The van der Waals surface area contributed by atoms with E-state index in [0.717, 1.165) is 42.3 Å². The fourth-order valence-corrected chi connectivity index (χ4v) is 4.82. The highest BCUT2D eigenvalue weighted by Crippen LogP contribution is 2.34. The summed E-state index contributed by atoms with van der Waals surface area (Å²) in [7, 11) is 0. The van der Waals surface area contributed by atoms with Gasteiger partial charge in [-0.25, -0.2) is 0 Å². The molecular formula is C26H26N2O. The van der Waals surface area contributed by atoms with Crippen molar-refractivity contribution in [2.24, 2.45) is 0 Å². The molecule has 2 heterocycles. The molecule has 0 spiro atoms. The van der Waals surface area contributed by atoms with Crippen LogP contribution >= 0.6 is 0 Å². The van der Waals surface area contributed by atoms with Crippen LogP contribution in [0.15, 0.2) is 60.7 Å². The first kappa shape index (κ1) is 18.0. The van der Waals surface area contributed by atoms with Crippen LogP contribution in [0.3, 0.4) is 0 Å². The van der Waals surface area contributed by atoms with E-state index in [9.17, 15) is 4.79 Å². The second-order valence-corrected chi connectivity index (χ2v) is 8.31. The van der Waals surface area contributed by atoms with Crippen molar-refractivity contribution in [2.75, 3.05) is 13.1 Å². The normalized spacial score (nSPS) is 15.3. The van der Waals surface area contributed by atoms with Crippen molar-refractivity contribution in [1.29, 1.82) is 0 Å². The number of fused-ring (bicyclic) bond motifs is 2. The molecule has 0 saturated carbocycles. The third-order valence-electron chi connectivity index (χ3n) is 6.46. The lowest BCUT2D eigenvalue weighted by atomic mass is 9.90. The highest BCUT2D eigenvalue weighted by molar-refractivity contribution is 6.07. The van der Waals surface area contributed by atoms with Crippen LogP contribution in [-0.4, -0.2) is 28.9 Å². The predicted molar refractivity (Wildman–Crippen MR) is 120 cm³/mol. The first-order valence-corrected chi connectivity index (χ1v) is 10.5. The SMILES string of the molecule is Cc1ccc2[nH]c(C3CCN(C(=O)c4cccc5ccccc45)CC3)c(C)c2c1. The molecule has 0 unspecified atom stereocenters. The molecule has 29 heavy (non-hydrogen) atoms. The number of aromatic amines is 1. The second-order valence-electron chi connectivity index (χ2n) is 8.31. The molecule has 146 valence electrons. The average Bonchev–Trinajstić information content (AvgIpc) is 3.09. The van der Waals surface area contributed by atoms with Crippen LogP contribution in [0.4, 0.5) is 0 Å². The van der Waals surface area contributed by atoms with Crippen molar-refractivity contribution >= 4 is 27.6 Å². The maximum absolute atomic E-state index is 13.2. The zero-order valence-corrected chi connectivity index (χ0v) is 17.0. The number of nitrogens with one attached hydrogen (secondary N) is 1. The molecule has 1 N–H and O–H groups in total. The van der Waals surface area contributed by atoms with E-state index in [0.29, 0.717) is 5.92 Å². The zero-order chi connectivity index (χ0) is 20.0. The lowest BCUT2D eigenvalue weighted by Gasteiger charge is -2.32. The average molecular weight is 383 g/mol. The molecule has 1 fully saturated rings. The Balaban J connectivity index is 1.36. The summed E-state index contributed by atoms with van der Waals surface area (Å²) < 4.78 is 0. The molecule has 1 saturated heterocycles. The summed E-state index contributed by atoms with van der Waals surface area (Å²) in [6.45, 7) is 5.98. The van der Waals surface area contributed by atoms with E-state index in [1.807, 2.05) is 35.2 Å². The summed E-state index contributed by atoms with van der Waals surface area (Å²) in [6, 6.07) is 20.8. The van der Waals surface area contributed by atoms with Gasteiger partial charge in [-0.1, -0.05) is 48.0 Å². The molecule has 1 aromatic heterocycles. The minimum atomic E-state index is 0.157. The molecular weight excluding hydrogens is 356 g/mol. The van der Waals surface area contributed by atoms with Gasteiger partial charge in [-0.3, -0.25) is 4.79 Å². The van der Waals surface area contributed by atoms with Gasteiger partial charge in [0, 0.05) is 41.2 Å². The predicted octanol–water partition coefficient (Wildman–Crippen LogP) is 5.96. The Bertz CT molecular complexity index is 1210. The molecule has 0 aliphatic carbocycles. The smallest absolute Gasteiger partial charge is 0.254 e. The van der Waals surface area contributed by atoms with Gasteiger partial charge in [0.05, 0.1) is 0 Å². The van der Waals surface area contributed by atoms with Crippen molar-refractivity contribution in [3.63, 3.8) is 0 Å².